The zero-order valence-electron chi connectivity index (χ0n) is 76.1. The number of anilines is 8. The number of nitrogens with zero attached hydrogens (tertiary/aromatic N) is 3. The van der Waals surface area contributed by atoms with Crippen molar-refractivity contribution >= 4 is 147 Å². The van der Waals surface area contributed by atoms with Gasteiger partial charge in [0, 0.05) is 143 Å². The summed E-state index contributed by atoms with van der Waals surface area (Å²) in [5.74, 6) is 2.08. The molecule has 1 aliphatic heterocycles. The molecule has 16 aromatic rings. The van der Waals surface area contributed by atoms with E-state index in [0.717, 1.165) is 108 Å². The van der Waals surface area contributed by atoms with Crippen molar-refractivity contribution in [3.63, 3.8) is 0 Å². The molecule has 702 valence electrons. The number of hydrogen-bond acceptors (Lipinski definition) is 17. The van der Waals surface area contributed by atoms with Crippen molar-refractivity contribution in [1.29, 1.82) is 0 Å². The first-order chi connectivity index (χ1) is 65.7. The normalized spacial score (nSPS) is 12.4. The van der Waals surface area contributed by atoms with E-state index < -0.39 is 23.3 Å². The lowest BCUT2D eigenvalue weighted by Crippen LogP contribution is -2.24. The molecule has 12 aromatic carbocycles. The third-order valence-corrected chi connectivity index (χ3v) is 22.8. The molecule has 1 atom stereocenters. The topological polar surface area (TPSA) is 214 Å². The van der Waals surface area contributed by atoms with Crippen LogP contribution >= 0.6 is 58.0 Å². The first-order valence-electron chi connectivity index (χ1n) is 44.8. The highest BCUT2D eigenvalue weighted by Gasteiger charge is 2.24. The SMILES string of the molecule is CC(C)Oc1ccc(Nc2[nH]c(=O)c3ccccc3c2Cc2ccc(Cl)cc2)cc1F.CC(C)Oc1ccc(Nc2nc(Cl)c3ccccc3c2Cc2ccc(Cl)cc2)cc1F.CC(C)Oc1ccc(Nc2nc(OCCO)c3ccccc3c2Cc2ccc(Cl)cc2)cc1F.CC(C)Oc1ccc(Nc2nc(OCCOC3CCCCO3)c3ccccc3c2Cc2ccc(Cl)cc2)cc1F. The van der Waals surface area contributed by atoms with Gasteiger partial charge in [0.2, 0.25) is 11.8 Å². The number of aromatic amines is 1. The lowest BCUT2D eigenvalue weighted by atomic mass is 9.99. The summed E-state index contributed by atoms with van der Waals surface area (Å²) < 4.78 is 104. The number of hydrogen-bond donors (Lipinski definition) is 6. The minimum atomic E-state index is -0.471. The lowest BCUT2D eigenvalue weighted by molar-refractivity contribution is -0.165. The molecule has 1 aliphatic rings. The van der Waals surface area contributed by atoms with Crippen molar-refractivity contribution in [2.24, 2.45) is 0 Å². The smallest absolute Gasteiger partial charge is 0.257 e. The molecule has 4 aromatic heterocycles. The molecule has 17 rings (SSSR count). The van der Waals surface area contributed by atoms with Gasteiger partial charge in [-0.3, -0.25) is 4.79 Å². The summed E-state index contributed by atoms with van der Waals surface area (Å²) in [6.45, 7) is 16.2. The van der Waals surface area contributed by atoms with Crippen molar-refractivity contribution in [2.45, 2.75) is 131 Å². The van der Waals surface area contributed by atoms with Gasteiger partial charge in [0.1, 0.15) is 41.6 Å². The van der Waals surface area contributed by atoms with Crippen molar-refractivity contribution in [2.75, 3.05) is 54.3 Å². The van der Waals surface area contributed by atoms with Gasteiger partial charge in [-0.15, -0.1) is 0 Å². The van der Waals surface area contributed by atoms with Crippen LogP contribution in [0.2, 0.25) is 25.2 Å². The lowest BCUT2D eigenvalue weighted by Gasteiger charge is -2.23. The third-order valence-electron chi connectivity index (χ3n) is 21.5. The number of ether oxygens (including phenoxy) is 8. The highest BCUT2D eigenvalue weighted by molar-refractivity contribution is 6.35. The number of H-pyrrole nitrogens is 1. The van der Waals surface area contributed by atoms with E-state index in [-0.39, 0.29) is 72.5 Å². The Kier molecular flexibility index (Phi) is 34.6. The Morgan fingerprint density at radius 3 is 1.04 bits per heavy atom. The van der Waals surface area contributed by atoms with Crippen LogP contribution in [0.5, 0.6) is 34.8 Å². The van der Waals surface area contributed by atoms with E-state index in [1.54, 1.807) is 54.6 Å². The van der Waals surface area contributed by atoms with E-state index in [4.69, 9.17) is 106 Å². The molecule has 1 fully saturated rings. The maximum Gasteiger partial charge on any atom is 0.257 e. The van der Waals surface area contributed by atoms with Crippen molar-refractivity contribution in [3.8, 4) is 34.8 Å². The third kappa shape index (κ3) is 27.1. The second-order valence-electron chi connectivity index (χ2n) is 33.3. The van der Waals surface area contributed by atoms with Crippen LogP contribution in [0.25, 0.3) is 43.1 Å². The standard InChI is InChI=1S/C32H34ClFN2O4.C27H26ClFN2O3.C25H21Cl2FN2O.C25H22ClFN2O2/c1-21(2)40-29-15-14-24(20-28(29)34)35-31-27(19-22-10-12-23(33)13-11-22)25-7-3-4-8-26(25)32(36-31)39-18-17-38-30-9-5-6-16-37-30;1-17(2)34-25-12-11-20(16-24(25)29)30-26-23(15-18-7-9-19(28)10-8-18)21-5-3-4-6-22(21)27(31-26)33-14-13-32;1-15(2)31-23-12-11-18(14-22(23)28)29-25-21(13-16-7-9-17(26)10-8-16)19-5-3-4-6-20(19)24(27)30-25;1-15(2)31-23-12-11-18(14-22(23)27)28-24-21(13-16-7-9-17(26)10-8-16)19-5-3-4-6-20(19)25(30)29-24/h3-4,7-8,10-15,20-21,30H,5-6,9,16-19H2,1-2H3,(H,35,36);3-12,16-17,32H,13-15H2,1-2H3,(H,30,31);3-12,14-15H,13H2,1-2H3,(H,29,30);3-12,14-15H,13H2,1-2H3,(H2,28,29,30). The Morgan fingerprint density at radius 1 is 0.375 bits per heavy atom. The Hall–Kier alpha value is -12.9. The predicted octanol–water partition coefficient (Wildman–Crippen LogP) is 28.8. The molecule has 6 N–H and O–H groups in total. The van der Waals surface area contributed by atoms with E-state index >= 15 is 0 Å². The van der Waals surface area contributed by atoms with Crippen LogP contribution in [0, 0.1) is 23.3 Å². The van der Waals surface area contributed by atoms with Gasteiger partial charge in [0.25, 0.3) is 5.56 Å². The van der Waals surface area contributed by atoms with Crippen LogP contribution in [-0.4, -0.2) is 88.8 Å². The Labute approximate surface area is 812 Å². The van der Waals surface area contributed by atoms with Crippen molar-refractivity contribution in [3.05, 3.63) is 370 Å². The fraction of sp³-hybridized carbons (Fsp3) is 0.229. The first kappa shape index (κ1) is 99.1. The summed E-state index contributed by atoms with van der Waals surface area (Å²) in [7, 11) is 0. The van der Waals surface area contributed by atoms with Gasteiger partial charge in [0.05, 0.1) is 37.6 Å². The molecule has 0 saturated carbocycles. The quantitative estimate of drug-likeness (QED) is 0.0131. The minimum absolute atomic E-state index is 0.111. The number of rotatable bonds is 32. The van der Waals surface area contributed by atoms with E-state index in [1.807, 2.05) is 243 Å². The van der Waals surface area contributed by atoms with Crippen molar-refractivity contribution < 1.29 is 60.6 Å². The van der Waals surface area contributed by atoms with E-state index in [9.17, 15) is 27.5 Å². The highest BCUT2D eigenvalue weighted by atomic mass is 35.5. The summed E-state index contributed by atoms with van der Waals surface area (Å²) in [6.07, 6.45) is 4.73. The summed E-state index contributed by atoms with van der Waals surface area (Å²) in [5.41, 5.74) is 9.93. The molecule has 0 bridgehead atoms. The molecule has 5 heterocycles. The zero-order chi connectivity index (χ0) is 95.9. The molecule has 27 heteroatoms. The molecule has 1 unspecified atom stereocenters. The van der Waals surface area contributed by atoms with E-state index in [0.29, 0.717) is 127 Å². The van der Waals surface area contributed by atoms with Crippen LogP contribution < -0.4 is 55.2 Å². The first-order valence-corrected chi connectivity index (χ1v) is 46.6. The summed E-state index contributed by atoms with van der Waals surface area (Å²) in [4.78, 5) is 29.8. The largest absolute Gasteiger partial charge is 0.488 e. The maximum absolute atomic E-state index is 14.8. The summed E-state index contributed by atoms with van der Waals surface area (Å²) in [5, 5.41) is 32.3. The van der Waals surface area contributed by atoms with E-state index in [1.165, 1.54) is 24.3 Å². The number of nitrogens with one attached hydrogen (secondary N) is 5. The van der Waals surface area contributed by atoms with Gasteiger partial charge in [-0.2, -0.15) is 9.97 Å². The molecule has 136 heavy (non-hydrogen) atoms. The van der Waals surface area contributed by atoms with Gasteiger partial charge < -0.3 is 69.3 Å². The number of halogens is 9. The molecule has 18 nitrogen and oxygen atoms in total. The highest BCUT2D eigenvalue weighted by Crippen LogP contribution is 2.41. The maximum atomic E-state index is 14.8. The van der Waals surface area contributed by atoms with Gasteiger partial charge >= 0.3 is 0 Å². The number of aliphatic hydroxyl groups excluding tert-OH is 1. The molecular formula is C109H103Cl5F4N8O10. The van der Waals surface area contributed by atoms with Crippen LogP contribution in [0.4, 0.5) is 63.6 Å². The summed E-state index contributed by atoms with van der Waals surface area (Å²) in [6, 6.07) is 80.7. The molecule has 0 amide bonds. The molecule has 0 aliphatic carbocycles. The average molecular weight is 1940 g/mol. The monoisotopic (exact) mass is 1930 g/mol. The molecule has 0 spiro atoms. The van der Waals surface area contributed by atoms with Gasteiger partial charge in [0.15, 0.2) is 52.6 Å². The average Bonchev–Trinajstić information content (AvgIpc) is 0.807. The summed E-state index contributed by atoms with van der Waals surface area (Å²) >= 11 is 30.7. The van der Waals surface area contributed by atoms with Crippen LogP contribution in [0.3, 0.4) is 0 Å². The molecule has 0 radical (unpaired) electrons. The second-order valence-corrected chi connectivity index (χ2v) is 35.4. The molecule has 1 saturated heterocycles. The zero-order valence-corrected chi connectivity index (χ0v) is 79.9. The molecular weight excluding hydrogens is 1830 g/mol. The fourth-order valence-electron chi connectivity index (χ4n) is 15.3. The van der Waals surface area contributed by atoms with Gasteiger partial charge in [-0.1, -0.05) is 185 Å². The van der Waals surface area contributed by atoms with Crippen LogP contribution in [-0.2, 0) is 35.2 Å². The van der Waals surface area contributed by atoms with Gasteiger partial charge in [-0.05, 0) is 234 Å². The number of aliphatic hydroxyl groups is 1. The van der Waals surface area contributed by atoms with Crippen molar-refractivity contribution in [1.82, 2.24) is 19.9 Å². The predicted molar refractivity (Wildman–Crippen MR) is 541 cm³/mol. The van der Waals surface area contributed by atoms with E-state index in [2.05, 4.69) is 31.2 Å². The number of fused-ring (bicyclic) bond motifs is 4. The Balaban J connectivity index is 0.000000146. The number of aromatic nitrogens is 4. The number of pyridine rings is 4. The van der Waals surface area contributed by atoms with Gasteiger partial charge in [-0.25, -0.2) is 22.5 Å². The van der Waals surface area contributed by atoms with Crippen LogP contribution in [0.15, 0.2) is 272 Å². The second kappa shape index (κ2) is 47.5. The number of benzene rings is 12. The van der Waals surface area contributed by atoms with Crippen LogP contribution in [0.1, 0.15) is 119 Å². The minimum Gasteiger partial charge on any atom is -0.488 e. The Morgan fingerprint density at radius 2 is 0.691 bits per heavy atom. The fourth-order valence-corrected chi connectivity index (χ4v) is 16.1. The Bertz CT molecular complexity index is 6840.